The van der Waals surface area contributed by atoms with Gasteiger partial charge >= 0.3 is 0 Å². The molecule has 6 nitrogen and oxygen atoms in total. The number of rotatable bonds is 6. The Labute approximate surface area is 125 Å². The second-order valence-electron chi connectivity index (χ2n) is 3.69. The molecule has 1 aromatic heterocycles. The van der Waals surface area contributed by atoms with Gasteiger partial charge in [0.25, 0.3) is 0 Å². The fourth-order valence-corrected chi connectivity index (χ4v) is 1.32. The summed E-state index contributed by atoms with van der Waals surface area (Å²) in [5.74, 6) is 0.750. The Balaban J connectivity index is 0.00000289. The molecule has 0 radical (unpaired) electrons. The predicted molar refractivity (Wildman–Crippen MR) is 81.2 cm³/mol. The third kappa shape index (κ3) is 6.80. The van der Waals surface area contributed by atoms with Gasteiger partial charge in [-0.3, -0.25) is 0 Å². The van der Waals surface area contributed by atoms with Crippen LogP contribution in [0.5, 0.6) is 0 Å². The molecule has 0 aromatic carbocycles. The van der Waals surface area contributed by atoms with Gasteiger partial charge in [0.15, 0.2) is 5.96 Å². The topological polar surface area (TPSA) is 71.7 Å². The molecule has 1 aromatic rings. The highest BCUT2D eigenvalue weighted by atomic mass is 127. The van der Waals surface area contributed by atoms with Crippen LogP contribution < -0.4 is 10.6 Å². The molecule has 0 amide bonds. The first-order valence-electron chi connectivity index (χ1n) is 5.69. The Kier molecular flexibility index (Phi) is 9.66. The number of aliphatic imine (C=N–C) groups is 1. The second-order valence-corrected chi connectivity index (χ2v) is 3.69. The molecule has 2 N–H and O–H groups in total. The van der Waals surface area contributed by atoms with E-state index in [1.165, 1.54) is 0 Å². The molecule has 0 saturated carbocycles. The zero-order chi connectivity index (χ0) is 12.5. The molecule has 0 fully saturated rings. The van der Waals surface area contributed by atoms with Crippen molar-refractivity contribution in [2.24, 2.45) is 4.99 Å². The van der Waals surface area contributed by atoms with E-state index in [9.17, 15) is 0 Å². The summed E-state index contributed by atoms with van der Waals surface area (Å²) in [5.41, 5.74) is 0.807. The Morgan fingerprint density at radius 3 is 2.94 bits per heavy atom. The molecule has 1 atom stereocenters. The summed E-state index contributed by atoms with van der Waals surface area (Å²) in [6.45, 7) is 5.99. The normalized spacial score (nSPS) is 12.7. The first-order valence-corrected chi connectivity index (χ1v) is 5.69. The number of hydrogen-bond donors (Lipinski definition) is 2. The molecule has 1 rings (SSSR count). The predicted octanol–water partition coefficient (Wildman–Crippen LogP) is 1.38. The maximum absolute atomic E-state index is 5.06. The maximum atomic E-state index is 5.06. The lowest BCUT2D eigenvalue weighted by Crippen LogP contribution is -2.43. The number of ether oxygens (including phenoxy) is 1. The van der Waals surface area contributed by atoms with Crippen molar-refractivity contribution in [3.8, 4) is 0 Å². The van der Waals surface area contributed by atoms with Gasteiger partial charge in [-0.2, -0.15) is 0 Å². The van der Waals surface area contributed by atoms with E-state index in [0.717, 1.165) is 18.2 Å². The lowest BCUT2D eigenvalue weighted by Gasteiger charge is -2.16. The van der Waals surface area contributed by atoms with Crippen LogP contribution in [0.2, 0.25) is 0 Å². The van der Waals surface area contributed by atoms with Crippen molar-refractivity contribution < 1.29 is 9.26 Å². The molecular weight excluding hydrogens is 347 g/mol. The van der Waals surface area contributed by atoms with E-state index in [1.54, 1.807) is 19.4 Å². The summed E-state index contributed by atoms with van der Waals surface area (Å²) < 4.78 is 9.81. The Hall–Kier alpha value is -0.830. The highest BCUT2D eigenvalue weighted by Gasteiger charge is 2.04. The van der Waals surface area contributed by atoms with Gasteiger partial charge in [-0.1, -0.05) is 5.16 Å². The average molecular weight is 368 g/mol. The average Bonchev–Trinajstić information content (AvgIpc) is 2.79. The van der Waals surface area contributed by atoms with Crippen molar-refractivity contribution in [2.45, 2.75) is 26.4 Å². The first-order chi connectivity index (χ1) is 8.26. The van der Waals surface area contributed by atoms with Crippen LogP contribution in [0, 0.1) is 0 Å². The van der Waals surface area contributed by atoms with E-state index in [-0.39, 0.29) is 30.0 Å². The van der Waals surface area contributed by atoms with Crippen LogP contribution in [0.1, 0.15) is 19.5 Å². The molecule has 104 valence electrons. The third-order valence-corrected chi connectivity index (χ3v) is 2.03. The quantitative estimate of drug-likeness (QED) is 0.451. The Bertz CT molecular complexity index is 330. The SMILES string of the molecule is CCNC(=NCc1ccon1)NC(C)COC.I. The summed E-state index contributed by atoms with van der Waals surface area (Å²) in [6.07, 6.45) is 1.54. The van der Waals surface area contributed by atoms with Crippen molar-refractivity contribution >= 4 is 29.9 Å². The van der Waals surface area contributed by atoms with Crippen LogP contribution in [-0.4, -0.2) is 37.4 Å². The molecule has 18 heavy (non-hydrogen) atoms. The summed E-state index contributed by atoms with van der Waals surface area (Å²) in [4.78, 5) is 4.39. The van der Waals surface area contributed by atoms with Gasteiger partial charge in [-0.05, 0) is 13.8 Å². The number of guanidine groups is 1. The monoisotopic (exact) mass is 368 g/mol. The van der Waals surface area contributed by atoms with Crippen LogP contribution in [0.4, 0.5) is 0 Å². The Morgan fingerprint density at radius 1 is 1.61 bits per heavy atom. The van der Waals surface area contributed by atoms with Crippen molar-refractivity contribution in [3.63, 3.8) is 0 Å². The zero-order valence-electron chi connectivity index (χ0n) is 11.0. The first kappa shape index (κ1) is 17.2. The van der Waals surface area contributed by atoms with Crippen molar-refractivity contribution in [2.75, 3.05) is 20.3 Å². The summed E-state index contributed by atoms with van der Waals surface area (Å²) in [5, 5.41) is 10.2. The number of hydrogen-bond acceptors (Lipinski definition) is 4. The number of nitrogens with one attached hydrogen (secondary N) is 2. The fraction of sp³-hybridized carbons (Fsp3) is 0.636. The van der Waals surface area contributed by atoms with Gasteiger partial charge in [-0.15, -0.1) is 24.0 Å². The number of methoxy groups -OCH3 is 1. The van der Waals surface area contributed by atoms with Gasteiger partial charge in [0, 0.05) is 25.8 Å². The van der Waals surface area contributed by atoms with Crippen LogP contribution >= 0.6 is 24.0 Å². The van der Waals surface area contributed by atoms with Crippen molar-refractivity contribution in [3.05, 3.63) is 18.0 Å². The lowest BCUT2D eigenvalue weighted by molar-refractivity contribution is 0.179. The number of nitrogens with zero attached hydrogens (tertiary/aromatic N) is 2. The smallest absolute Gasteiger partial charge is 0.191 e. The fourth-order valence-electron chi connectivity index (χ4n) is 1.32. The minimum atomic E-state index is 0. The standard InChI is InChI=1S/C11H20N4O2.HI/c1-4-12-11(14-9(2)8-16-3)13-7-10-5-6-17-15-10;/h5-6,9H,4,7-8H2,1-3H3,(H2,12,13,14);1H. The minimum absolute atomic E-state index is 0. The van der Waals surface area contributed by atoms with Crippen LogP contribution in [0.25, 0.3) is 0 Å². The molecule has 1 heterocycles. The molecule has 1 unspecified atom stereocenters. The number of halogens is 1. The minimum Gasteiger partial charge on any atom is -0.383 e. The summed E-state index contributed by atoms with van der Waals surface area (Å²) in [6, 6.07) is 2.00. The highest BCUT2D eigenvalue weighted by Crippen LogP contribution is 1.96. The largest absolute Gasteiger partial charge is 0.383 e. The van der Waals surface area contributed by atoms with E-state index >= 15 is 0 Å². The van der Waals surface area contributed by atoms with Crippen LogP contribution in [-0.2, 0) is 11.3 Å². The van der Waals surface area contributed by atoms with Gasteiger partial charge < -0.3 is 19.9 Å². The molecule has 0 aliphatic carbocycles. The van der Waals surface area contributed by atoms with E-state index in [4.69, 9.17) is 9.26 Å². The van der Waals surface area contributed by atoms with Gasteiger partial charge in [0.1, 0.15) is 12.0 Å². The van der Waals surface area contributed by atoms with Crippen LogP contribution in [0.3, 0.4) is 0 Å². The van der Waals surface area contributed by atoms with Gasteiger partial charge in [0.2, 0.25) is 0 Å². The van der Waals surface area contributed by atoms with Gasteiger partial charge in [-0.25, -0.2) is 4.99 Å². The number of aromatic nitrogens is 1. The lowest BCUT2D eigenvalue weighted by atomic mass is 10.4. The summed E-state index contributed by atoms with van der Waals surface area (Å²) in [7, 11) is 1.68. The van der Waals surface area contributed by atoms with Crippen LogP contribution in [0.15, 0.2) is 21.8 Å². The summed E-state index contributed by atoms with van der Waals surface area (Å²) >= 11 is 0. The van der Waals surface area contributed by atoms with E-state index < -0.39 is 0 Å². The zero-order valence-corrected chi connectivity index (χ0v) is 13.3. The second kappa shape index (κ2) is 10.1. The molecule has 7 heteroatoms. The molecule has 0 aliphatic heterocycles. The van der Waals surface area contributed by atoms with E-state index in [0.29, 0.717) is 13.2 Å². The maximum Gasteiger partial charge on any atom is 0.191 e. The molecule has 0 spiro atoms. The van der Waals surface area contributed by atoms with Gasteiger partial charge in [0.05, 0.1) is 13.2 Å². The molecule has 0 bridgehead atoms. The van der Waals surface area contributed by atoms with Crippen molar-refractivity contribution in [1.82, 2.24) is 15.8 Å². The van der Waals surface area contributed by atoms with E-state index in [2.05, 4.69) is 20.8 Å². The third-order valence-electron chi connectivity index (χ3n) is 2.03. The molecular formula is C11H21IN4O2. The van der Waals surface area contributed by atoms with Crippen molar-refractivity contribution in [1.29, 1.82) is 0 Å². The van der Waals surface area contributed by atoms with E-state index in [1.807, 2.05) is 13.8 Å². The highest BCUT2D eigenvalue weighted by molar-refractivity contribution is 14.0. The Morgan fingerprint density at radius 2 is 2.39 bits per heavy atom. The molecule has 0 saturated heterocycles. The molecule has 0 aliphatic rings.